The lowest BCUT2D eigenvalue weighted by molar-refractivity contribution is -0.00718. The van der Waals surface area contributed by atoms with E-state index in [1.807, 2.05) is 30.3 Å². The Kier molecular flexibility index (Phi) is 11.8. The average Bonchev–Trinajstić information content (AvgIpc) is 2.96. The second-order valence-electron chi connectivity index (χ2n) is 14.0. The predicted molar refractivity (Wildman–Crippen MR) is 174 cm³/mol. The van der Waals surface area contributed by atoms with Gasteiger partial charge in [-0.15, -0.1) is 0 Å². The number of hydrogen-bond acceptors (Lipinski definition) is 5. The summed E-state index contributed by atoms with van der Waals surface area (Å²) in [6.45, 7) is 15.8. The summed E-state index contributed by atoms with van der Waals surface area (Å²) in [5, 5.41) is 3.76. The fourth-order valence-electron chi connectivity index (χ4n) is 7.23. The van der Waals surface area contributed by atoms with Crippen molar-refractivity contribution in [2.75, 3.05) is 7.11 Å². The van der Waals surface area contributed by atoms with Gasteiger partial charge in [0.05, 0.1) is 19.3 Å². The minimum Gasteiger partial charge on any atom is -0.497 e. The Hall–Kier alpha value is -1.65. The smallest absolute Gasteiger partial charge is 0.352 e. The normalized spacial score (nSPS) is 28.5. The van der Waals surface area contributed by atoms with Gasteiger partial charge in [0.25, 0.3) is 0 Å². The zero-order valence-corrected chi connectivity index (χ0v) is 28.2. The minimum atomic E-state index is -3.75. The van der Waals surface area contributed by atoms with E-state index in [0.717, 1.165) is 42.6 Å². The molecule has 42 heavy (non-hydrogen) atoms. The van der Waals surface area contributed by atoms with Crippen LogP contribution in [0.1, 0.15) is 110 Å². The van der Waals surface area contributed by atoms with Gasteiger partial charge >= 0.3 is 7.60 Å². The van der Waals surface area contributed by atoms with Gasteiger partial charge in [0.15, 0.2) is 0 Å². The summed E-state index contributed by atoms with van der Waals surface area (Å²) in [6, 6.07) is 18.2. The van der Waals surface area contributed by atoms with Gasteiger partial charge in [-0.05, 0) is 91.4 Å². The van der Waals surface area contributed by atoms with E-state index in [0.29, 0.717) is 35.5 Å². The van der Waals surface area contributed by atoms with E-state index in [4.69, 9.17) is 13.8 Å². The summed E-state index contributed by atoms with van der Waals surface area (Å²) in [4.78, 5) is 0. The summed E-state index contributed by atoms with van der Waals surface area (Å²) < 4.78 is 35.3. The number of hydrogen-bond donors (Lipinski definition) is 1. The predicted octanol–water partition coefficient (Wildman–Crippen LogP) is 10.2. The maximum Gasteiger partial charge on any atom is 0.352 e. The summed E-state index contributed by atoms with van der Waals surface area (Å²) in [7, 11) is -2.07. The van der Waals surface area contributed by atoms with E-state index in [1.54, 1.807) is 7.11 Å². The topological polar surface area (TPSA) is 56.8 Å². The van der Waals surface area contributed by atoms with Crippen molar-refractivity contribution >= 4 is 7.60 Å². The van der Waals surface area contributed by atoms with Gasteiger partial charge in [-0.1, -0.05) is 96.8 Å². The average molecular weight is 598 g/mol. The fourth-order valence-corrected chi connectivity index (χ4v) is 9.70. The first-order valence-corrected chi connectivity index (χ1v) is 18.0. The molecule has 0 unspecified atom stereocenters. The Morgan fingerprint density at radius 2 is 1.21 bits per heavy atom. The SMILES string of the molecule is COc1ccc([C@@H](N[C@@H](C)c2ccccc2)P(=O)(O[C@@H]2C[C@H](C)CC[C@@H]2C(C)C)O[C@@H]2C[C@H](C)CC[C@@H]2C(C)C)cc1. The first kappa shape index (κ1) is 33.2. The number of rotatable bonds is 12. The molecule has 0 aliphatic heterocycles. The van der Waals surface area contributed by atoms with Gasteiger partial charge < -0.3 is 13.8 Å². The molecule has 4 rings (SSSR count). The number of benzene rings is 2. The molecule has 2 fully saturated rings. The molecule has 234 valence electrons. The summed E-state index contributed by atoms with van der Waals surface area (Å²) >= 11 is 0. The second kappa shape index (κ2) is 14.9. The van der Waals surface area contributed by atoms with Crippen LogP contribution < -0.4 is 10.1 Å². The van der Waals surface area contributed by atoms with Crippen LogP contribution >= 0.6 is 7.60 Å². The standard InChI is InChI=1S/C36H56NO4P/c1-24(2)32-20-14-26(5)22-34(32)40-42(38,41-35-23-27(6)15-21-33(35)25(3)4)36(30-16-18-31(39-8)19-17-30)37-28(7)29-12-10-9-11-13-29/h9-13,16-19,24-28,32-37H,14-15,20-23H2,1-8H3/t26-,27-,28+,32-,33-,34-,35-,36+/m1/s1. The molecule has 0 bridgehead atoms. The van der Waals surface area contributed by atoms with Crippen molar-refractivity contribution in [2.24, 2.45) is 35.5 Å². The maximum atomic E-state index is 15.8. The van der Waals surface area contributed by atoms with Crippen LogP contribution in [0.5, 0.6) is 5.75 Å². The Morgan fingerprint density at radius 1 is 0.714 bits per heavy atom. The minimum absolute atomic E-state index is 0.0591. The van der Waals surface area contributed by atoms with E-state index >= 15 is 4.57 Å². The quantitative estimate of drug-likeness (QED) is 0.247. The molecule has 8 atom stereocenters. The van der Waals surface area contributed by atoms with Crippen molar-refractivity contribution in [3.63, 3.8) is 0 Å². The fraction of sp³-hybridized carbons (Fsp3) is 0.667. The molecule has 6 heteroatoms. The maximum absolute atomic E-state index is 15.8. The Bertz CT molecular complexity index is 1100. The largest absolute Gasteiger partial charge is 0.497 e. The van der Waals surface area contributed by atoms with Crippen LogP contribution in [0.3, 0.4) is 0 Å². The molecular weight excluding hydrogens is 541 g/mol. The molecule has 2 saturated carbocycles. The first-order chi connectivity index (χ1) is 20.0. The van der Waals surface area contributed by atoms with Crippen LogP contribution in [0.15, 0.2) is 54.6 Å². The van der Waals surface area contributed by atoms with Crippen LogP contribution in [0, 0.1) is 35.5 Å². The van der Waals surface area contributed by atoms with E-state index in [9.17, 15) is 0 Å². The van der Waals surface area contributed by atoms with Crippen molar-refractivity contribution in [2.45, 2.75) is 111 Å². The highest BCUT2D eigenvalue weighted by Gasteiger charge is 2.47. The molecule has 2 aromatic rings. The number of ether oxygens (including phenoxy) is 1. The van der Waals surface area contributed by atoms with Crippen molar-refractivity contribution in [3.05, 3.63) is 65.7 Å². The second-order valence-corrected chi connectivity index (χ2v) is 16.0. The molecule has 0 heterocycles. The van der Waals surface area contributed by atoms with Crippen molar-refractivity contribution in [1.29, 1.82) is 0 Å². The van der Waals surface area contributed by atoms with Crippen molar-refractivity contribution < 1.29 is 18.3 Å². The van der Waals surface area contributed by atoms with Crippen molar-refractivity contribution in [3.8, 4) is 5.75 Å². The van der Waals surface area contributed by atoms with Gasteiger partial charge in [0, 0.05) is 6.04 Å². The van der Waals surface area contributed by atoms with E-state index in [2.05, 4.69) is 78.0 Å². The molecule has 1 N–H and O–H groups in total. The van der Waals surface area contributed by atoms with E-state index < -0.39 is 13.4 Å². The van der Waals surface area contributed by atoms with Crippen LogP contribution in [-0.2, 0) is 13.6 Å². The summed E-state index contributed by atoms with van der Waals surface area (Å²) in [5.41, 5.74) is 2.04. The highest BCUT2D eigenvalue weighted by Crippen LogP contribution is 2.65. The summed E-state index contributed by atoms with van der Waals surface area (Å²) in [5.74, 6) is 2.83. The zero-order valence-electron chi connectivity index (χ0n) is 27.3. The molecular formula is C36H56NO4P. The van der Waals surface area contributed by atoms with Crippen LogP contribution in [-0.4, -0.2) is 19.3 Å². The zero-order chi connectivity index (χ0) is 30.4. The van der Waals surface area contributed by atoms with Crippen LogP contribution in [0.25, 0.3) is 0 Å². The molecule has 2 aromatic carbocycles. The van der Waals surface area contributed by atoms with Gasteiger partial charge in [-0.25, -0.2) is 0 Å². The number of methoxy groups -OCH3 is 1. The van der Waals surface area contributed by atoms with E-state index in [-0.39, 0.29) is 18.2 Å². The van der Waals surface area contributed by atoms with Gasteiger partial charge in [0.2, 0.25) is 0 Å². The lowest BCUT2D eigenvalue weighted by Gasteiger charge is -2.44. The highest BCUT2D eigenvalue weighted by atomic mass is 31.2. The van der Waals surface area contributed by atoms with Gasteiger partial charge in [-0.2, -0.15) is 0 Å². The van der Waals surface area contributed by atoms with Crippen molar-refractivity contribution in [1.82, 2.24) is 5.32 Å². The Labute approximate surface area is 256 Å². The third-order valence-electron chi connectivity index (χ3n) is 9.94. The van der Waals surface area contributed by atoms with E-state index in [1.165, 1.54) is 12.8 Å². The number of nitrogens with one attached hydrogen (secondary N) is 1. The molecule has 0 spiro atoms. The lowest BCUT2D eigenvalue weighted by atomic mass is 9.75. The Balaban J connectivity index is 1.79. The molecule has 2 aliphatic carbocycles. The van der Waals surface area contributed by atoms with Crippen LogP contribution in [0.2, 0.25) is 0 Å². The highest BCUT2D eigenvalue weighted by molar-refractivity contribution is 7.54. The summed E-state index contributed by atoms with van der Waals surface area (Å²) in [6.07, 6.45) is 6.19. The molecule has 0 amide bonds. The molecule has 5 nitrogen and oxygen atoms in total. The van der Waals surface area contributed by atoms with Gasteiger partial charge in [-0.3, -0.25) is 9.88 Å². The molecule has 0 aromatic heterocycles. The lowest BCUT2D eigenvalue weighted by Crippen LogP contribution is -2.38. The van der Waals surface area contributed by atoms with Gasteiger partial charge in [0.1, 0.15) is 11.5 Å². The first-order valence-electron chi connectivity index (χ1n) is 16.4. The molecule has 2 aliphatic rings. The molecule has 0 radical (unpaired) electrons. The third-order valence-corrected chi connectivity index (χ3v) is 12.2. The third kappa shape index (κ3) is 8.29. The van der Waals surface area contributed by atoms with Crippen LogP contribution in [0.4, 0.5) is 0 Å². The monoisotopic (exact) mass is 597 g/mol. The molecule has 0 saturated heterocycles. The Morgan fingerprint density at radius 3 is 1.67 bits per heavy atom.